The van der Waals surface area contributed by atoms with E-state index in [9.17, 15) is 4.79 Å². The summed E-state index contributed by atoms with van der Waals surface area (Å²) in [5.41, 5.74) is 3.09. The third kappa shape index (κ3) is 1.77. The Balaban J connectivity index is 1.65. The Morgan fingerprint density at radius 2 is 2.12 bits per heavy atom. The highest BCUT2D eigenvalue weighted by Gasteiger charge is 2.51. The number of nitrogens with zero attached hydrogens (tertiary/aromatic N) is 2. The number of amides is 1. The molecule has 0 radical (unpaired) electrons. The summed E-state index contributed by atoms with van der Waals surface area (Å²) in [5.74, 6) is 1.34. The summed E-state index contributed by atoms with van der Waals surface area (Å²) < 4.78 is 0. The number of anilines is 1. The van der Waals surface area contributed by atoms with E-state index in [4.69, 9.17) is 4.99 Å². The Morgan fingerprint density at radius 3 is 2.96 bits per heavy atom. The largest absolute Gasteiger partial charge is 0.310 e. The lowest BCUT2D eigenvalue weighted by atomic mass is 9.79. The van der Waals surface area contributed by atoms with Gasteiger partial charge in [0.1, 0.15) is 5.82 Å². The number of fused-ring (bicyclic) bond motifs is 4. The van der Waals surface area contributed by atoms with Crippen LogP contribution in [0, 0.1) is 5.92 Å². The van der Waals surface area contributed by atoms with Crippen LogP contribution in [-0.4, -0.2) is 17.4 Å². The van der Waals surface area contributed by atoms with Crippen LogP contribution in [0.2, 0.25) is 0 Å². The van der Waals surface area contributed by atoms with Crippen LogP contribution in [0.15, 0.2) is 35.5 Å². The van der Waals surface area contributed by atoms with E-state index < -0.39 is 5.41 Å². The number of benzene rings is 1. The molecular formula is C20H19N3O. The Kier molecular flexibility index (Phi) is 2.76. The van der Waals surface area contributed by atoms with Crippen molar-refractivity contribution < 1.29 is 4.79 Å². The molecule has 3 heterocycles. The lowest BCUT2D eigenvalue weighted by molar-refractivity contribution is -0.120. The molecule has 2 atom stereocenters. The molecule has 120 valence electrons. The lowest BCUT2D eigenvalue weighted by Gasteiger charge is -2.20. The number of carbonyl (C=O) groups excluding carboxylic acids is 1. The second kappa shape index (κ2) is 4.76. The maximum absolute atomic E-state index is 12.8. The van der Waals surface area contributed by atoms with Gasteiger partial charge in [-0.1, -0.05) is 19.1 Å². The first kappa shape index (κ1) is 13.9. The fourth-order valence-corrected chi connectivity index (χ4v) is 4.37. The third-order valence-corrected chi connectivity index (χ3v) is 5.76. The molecular weight excluding hydrogens is 298 g/mol. The second-order valence-electron chi connectivity index (χ2n) is 7.14. The molecule has 1 spiro atoms. The van der Waals surface area contributed by atoms with Crippen LogP contribution in [0.5, 0.6) is 0 Å². The smallest absolute Gasteiger partial charge is 0.237 e. The van der Waals surface area contributed by atoms with E-state index in [1.165, 1.54) is 16.3 Å². The summed E-state index contributed by atoms with van der Waals surface area (Å²) in [6.07, 6.45) is 6.69. The molecule has 4 heteroatoms. The van der Waals surface area contributed by atoms with Crippen molar-refractivity contribution >= 4 is 17.8 Å². The molecule has 1 N–H and O–H groups in total. The maximum atomic E-state index is 12.8. The molecule has 2 aliphatic heterocycles. The number of carbonyl (C=O) groups is 1. The van der Waals surface area contributed by atoms with Gasteiger partial charge in [0, 0.05) is 18.3 Å². The summed E-state index contributed by atoms with van der Waals surface area (Å²) in [5, 5.41) is 5.28. The van der Waals surface area contributed by atoms with Gasteiger partial charge < -0.3 is 5.32 Å². The monoisotopic (exact) mass is 317 g/mol. The van der Waals surface area contributed by atoms with Crippen molar-refractivity contribution in [2.75, 3.05) is 11.9 Å². The fourth-order valence-electron chi connectivity index (χ4n) is 4.37. The summed E-state index contributed by atoms with van der Waals surface area (Å²) in [6.45, 7) is 3.08. The maximum Gasteiger partial charge on any atom is 0.237 e. The summed E-state index contributed by atoms with van der Waals surface area (Å²) in [7, 11) is 0. The van der Waals surface area contributed by atoms with Crippen LogP contribution in [0.25, 0.3) is 6.08 Å². The zero-order chi connectivity index (χ0) is 16.3. The molecule has 0 saturated carbocycles. The van der Waals surface area contributed by atoms with E-state index in [0.717, 1.165) is 42.5 Å². The van der Waals surface area contributed by atoms with Crippen LogP contribution >= 0.6 is 0 Å². The fraction of sp³-hybridized carbons (Fsp3) is 0.350. The predicted molar refractivity (Wildman–Crippen MR) is 92.3 cm³/mol. The van der Waals surface area contributed by atoms with E-state index in [2.05, 4.69) is 35.4 Å². The molecule has 24 heavy (non-hydrogen) atoms. The molecule has 2 aromatic rings. The molecule has 1 aromatic carbocycles. The Bertz CT molecular complexity index is 994. The molecule has 2 unspecified atom stereocenters. The number of aromatic nitrogens is 1. The Labute approximate surface area is 140 Å². The van der Waals surface area contributed by atoms with Crippen molar-refractivity contribution in [1.29, 1.82) is 0 Å². The zero-order valence-electron chi connectivity index (χ0n) is 13.7. The van der Waals surface area contributed by atoms with Gasteiger partial charge in [0.15, 0.2) is 0 Å². The first-order chi connectivity index (χ1) is 11.7. The van der Waals surface area contributed by atoms with Gasteiger partial charge in [0.25, 0.3) is 0 Å². The molecule has 4 nitrogen and oxygen atoms in total. The molecule has 3 aliphatic rings. The van der Waals surface area contributed by atoms with Gasteiger partial charge in [-0.3, -0.25) is 9.79 Å². The average molecular weight is 317 g/mol. The molecule has 1 aromatic heterocycles. The van der Waals surface area contributed by atoms with Crippen molar-refractivity contribution in [2.45, 2.75) is 31.6 Å². The standard InChI is InChI=1S/C20H19N3O/c1-2-12-6-13-7-14-9-20(10-15(14)8-17(13)22-11-12)16-4-3-5-21-18(16)23-19(20)24/h3-8,12H,2,9-11H2,1H3,(H,21,23,24). The molecule has 0 saturated heterocycles. The first-order valence-corrected chi connectivity index (χ1v) is 8.65. The van der Waals surface area contributed by atoms with E-state index >= 15 is 0 Å². The zero-order valence-corrected chi connectivity index (χ0v) is 13.7. The lowest BCUT2D eigenvalue weighted by Crippen LogP contribution is -2.35. The van der Waals surface area contributed by atoms with Gasteiger partial charge in [-0.15, -0.1) is 0 Å². The highest BCUT2D eigenvalue weighted by atomic mass is 16.2. The molecule has 1 amide bonds. The quantitative estimate of drug-likeness (QED) is 0.867. The normalized spacial score (nSPS) is 26.2. The Hall–Kier alpha value is -2.49. The minimum atomic E-state index is -0.486. The number of hydrogen-bond acceptors (Lipinski definition) is 3. The van der Waals surface area contributed by atoms with Crippen LogP contribution in [0.3, 0.4) is 0 Å². The van der Waals surface area contributed by atoms with E-state index in [-0.39, 0.29) is 5.91 Å². The highest BCUT2D eigenvalue weighted by Crippen LogP contribution is 2.45. The average Bonchev–Trinajstić information content (AvgIpc) is 3.10. The van der Waals surface area contributed by atoms with Crippen LogP contribution in [0.4, 0.5) is 5.82 Å². The molecule has 5 rings (SSSR count). The molecule has 0 bridgehead atoms. The second-order valence-corrected chi connectivity index (χ2v) is 7.14. The van der Waals surface area contributed by atoms with Crippen molar-refractivity contribution in [2.24, 2.45) is 10.9 Å². The van der Waals surface area contributed by atoms with Crippen molar-refractivity contribution in [3.8, 4) is 0 Å². The summed E-state index contributed by atoms with van der Waals surface area (Å²) in [6, 6.07) is 8.41. The minimum absolute atomic E-state index is 0.0812. The van der Waals surface area contributed by atoms with Crippen molar-refractivity contribution in [1.82, 2.24) is 4.98 Å². The highest BCUT2D eigenvalue weighted by molar-refractivity contribution is 6.06. The topological polar surface area (TPSA) is 54.4 Å². The van der Waals surface area contributed by atoms with Gasteiger partial charge in [0.05, 0.1) is 10.8 Å². The van der Waals surface area contributed by atoms with E-state index in [1.54, 1.807) is 6.20 Å². The van der Waals surface area contributed by atoms with Gasteiger partial charge in [-0.05, 0) is 59.7 Å². The summed E-state index contributed by atoms with van der Waals surface area (Å²) >= 11 is 0. The van der Waals surface area contributed by atoms with Crippen LogP contribution in [-0.2, 0) is 23.1 Å². The molecule has 0 fully saturated rings. The number of nitrogens with one attached hydrogen (secondary N) is 1. The SMILES string of the molecule is CCC1C=c2cc3c(cc2=NC1)CC1(C3)C(=O)Nc2ncccc21. The number of pyridine rings is 1. The van der Waals surface area contributed by atoms with Crippen molar-refractivity contribution in [3.63, 3.8) is 0 Å². The van der Waals surface area contributed by atoms with Crippen molar-refractivity contribution in [3.05, 3.63) is 57.7 Å². The Morgan fingerprint density at radius 1 is 1.29 bits per heavy atom. The number of rotatable bonds is 1. The van der Waals surface area contributed by atoms with E-state index in [0.29, 0.717) is 5.92 Å². The van der Waals surface area contributed by atoms with Crippen LogP contribution < -0.4 is 15.9 Å². The third-order valence-electron chi connectivity index (χ3n) is 5.76. The van der Waals surface area contributed by atoms with Gasteiger partial charge >= 0.3 is 0 Å². The molecule has 1 aliphatic carbocycles. The predicted octanol–water partition coefficient (Wildman–Crippen LogP) is 1.51. The number of hydrogen-bond donors (Lipinski definition) is 1. The minimum Gasteiger partial charge on any atom is -0.310 e. The van der Waals surface area contributed by atoms with Crippen LogP contribution in [0.1, 0.15) is 30.0 Å². The summed E-state index contributed by atoms with van der Waals surface area (Å²) in [4.78, 5) is 21.9. The van der Waals surface area contributed by atoms with Gasteiger partial charge in [-0.2, -0.15) is 0 Å². The van der Waals surface area contributed by atoms with Gasteiger partial charge in [-0.25, -0.2) is 4.98 Å². The van der Waals surface area contributed by atoms with E-state index in [1.807, 2.05) is 12.1 Å². The first-order valence-electron chi connectivity index (χ1n) is 8.65. The van der Waals surface area contributed by atoms with Gasteiger partial charge in [0.2, 0.25) is 5.91 Å².